The highest BCUT2D eigenvalue weighted by Gasteiger charge is 2.19. The Hall–Kier alpha value is -2.91. The summed E-state index contributed by atoms with van der Waals surface area (Å²) in [5.74, 6) is -0.603. The van der Waals surface area contributed by atoms with Gasteiger partial charge in [0.05, 0.1) is 36.4 Å². The Labute approximate surface area is 210 Å². The largest absolute Gasteiger partial charge is 0.311 e. The maximum atomic E-state index is 13.2. The molecule has 34 heavy (non-hydrogen) atoms. The molecule has 10 heteroatoms. The number of fused-ring (bicyclic) bond motifs is 1. The summed E-state index contributed by atoms with van der Waals surface area (Å²) in [5, 5.41) is 0.746. The monoisotopic (exact) mass is 531 g/mol. The number of carbonyl (C=O) groups excluding carboxylic acids is 1. The van der Waals surface area contributed by atoms with Gasteiger partial charge in [-0.2, -0.15) is 4.99 Å². The Morgan fingerprint density at radius 2 is 1.82 bits per heavy atom. The number of nitrogens with one attached hydrogen (secondary N) is 1. The molecule has 6 nitrogen and oxygen atoms in total. The third-order valence-corrected chi connectivity index (χ3v) is 8.20. The minimum atomic E-state index is -3.90. The van der Waals surface area contributed by atoms with Gasteiger partial charge in [0.15, 0.2) is 4.80 Å². The minimum Gasteiger partial charge on any atom is -0.311 e. The van der Waals surface area contributed by atoms with Crippen molar-refractivity contribution in [2.45, 2.75) is 18.4 Å². The van der Waals surface area contributed by atoms with E-state index >= 15 is 0 Å². The number of allylic oxidation sites excluding steroid dienone is 1. The third-order valence-electron chi connectivity index (χ3n) is 4.98. The van der Waals surface area contributed by atoms with Gasteiger partial charge in [0, 0.05) is 6.54 Å². The van der Waals surface area contributed by atoms with Gasteiger partial charge in [0.2, 0.25) is 0 Å². The summed E-state index contributed by atoms with van der Waals surface area (Å²) in [6.07, 6.45) is 1.66. The highest BCUT2D eigenvalue weighted by atomic mass is 35.5. The predicted octanol–water partition coefficient (Wildman–Crippen LogP) is 6.05. The van der Waals surface area contributed by atoms with Crippen molar-refractivity contribution in [1.82, 2.24) is 4.57 Å². The van der Waals surface area contributed by atoms with Gasteiger partial charge in [-0.05, 0) is 43.3 Å². The molecule has 4 aromatic rings. The minimum absolute atomic E-state index is 0.0946. The van der Waals surface area contributed by atoms with Crippen LogP contribution in [0.4, 0.5) is 5.69 Å². The second-order valence-corrected chi connectivity index (χ2v) is 10.8. The number of thiazole rings is 1. The Morgan fingerprint density at radius 1 is 1.12 bits per heavy atom. The number of benzene rings is 3. The van der Waals surface area contributed by atoms with Crippen LogP contribution < -0.4 is 9.52 Å². The van der Waals surface area contributed by atoms with Crippen LogP contribution in [-0.2, 0) is 16.6 Å². The van der Waals surface area contributed by atoms with Gasteiger partial charge >= 0.3 is 0 Å². The van der Waals surface area contributed by atoms with Crippen molar-refractivity contribution in [1.29, 1.82) is 0 Å². The number of aromatic nitrogens is 1. The van der Waals surface area contributed by atoms with Gasteiger partial charge in [0.1, 0.15) is 0 Å². The normalized spacial score (nSPS) is 12.1. The lowest BCUT2D eigenvalue weighted by molar-refractivity contribution is 0.0998. The number of hydrogen-bond acceptors (Lipinski definition) is 4. The van der Waals surface area contributed by atoms with Crippen molar-refractivity contribution in [3.8, 4) is 0 Å². The molecule has 0 fully saturated rings. The zero-order chi connectivity index (χ0) is 24.5. The first-order valence-corrected chi connectivity index (χ1v) is 13.1. The molecule has 0 unspecified atom stereocenters. The second kappa shape index (κ2) is 9.76. The maximum Gasteiger partial charge on any atom is 0.281 e. The van der Waals surface area contributed by atoms with Crippen LogP contribution in [0.15, 0.2) is 83.2 Å². The molecule has 0 atom stereocenters. The van der Waals surface area contributed by atoms with E-state index in [0.29, 0.717) is 26.9 Å². The number of rotatable bonds is 6. The molecular weight excluding hydrogens is 513 g/mol. The zero-order valence-corrected chi connectivity index (χ0v) is 21.1. The number of nitrogens with zero attached hydrogens (tertiary/aromatic N) is 2. The summed E-state index contributed by atoms with van der Waals surface area (Å²) in [6.45, 7) is 5.99. The number of aryl methyl sites for hydroxylation is 1. The Kier molecular flexibility index (Phi) is 6.95. The van der Waals surface area contributed by atoms with Gasteiger partial charge in [-0.15, -0.1) is 6.58 Å². The summed E-state index contributed by atoms with van der Waals surface area (Å²) in [5.41, 5.74) is 1.84. The lowest BCUT2D eigenvalue weighted by atomic mass is 10.2. The van der Waals surface area contributed by atoms with Gasteiger partial charge < -0.3 is 4.57 Å². The van der Waals surface area contributed by atoms with E-state index in [9.17, 15) is 13.2 Å². The molecule has 0 radical (unpaired) electrons. The zero-order valence-electron chi connectivity index (χ0n) is 18.0. The molecule has 3 aromatic carbocycles. The van der Waals surface area contributed by atoms with Crippen LogP contribution in [0.5, 0.6) is 0 Å². The molecule has 0 saturated carbocycles. The van der Waals surface area contributed by atoms with Gasteiger partial charge in [0.25, 0.3) is 15.9 Å². The number of para-hydroxylation sites is 1. The molecule has 1 amide bonds. The van der Waals surface area contributed by atoms with Crippen LogP contribution in [0.1, 0.15) is 15.9 Å². The molecule has 1 aromatic heterocycles. The molecule has 0 spiro atoms. The van der Waals surface area contributed by atoms with Crippen LogP contribution in [0.2, 0.25) is 10.0 Å². The predicted molar refractivity (Wildman–Crippen MR) is 138 cm³/mol. The van der Waals surface area contributed by atoms with Crippen molar-refractivity contribution in [2.75, 3.05) is 4.72 Å². The molecular formula is C24H19Cl2N3O3S2. The highest BCUT2D eigenvalue weighted by molar-refractivity contribution is 7.92. The van der Waals surface area contributed by atoms with Gasteiger partial charge in [-0.3, -0.25) is 9.52 Å². The lowest BCUT2D eigenvalue weighted by Gasteiger charge is -2.11. The lowest BCUT2D eigenvalue weighted by Crippen LogP contribution is -2.18. The molecule has 0 bridgehead atoms. The van der Waals surface area contributed by atoms with Crippen LogP contribution in [0.25, 0.3) is 10.2 Å². The van der Waals surface area contributed by atoms with E-state index in [1.807, 2.05) is 6.92 Å². The number of sulfonamides is 1. The van der Waals surface area contributed by atoms with E-state index in [2.05, 4.69) is 16.3 Å². The highest BCUT2D eigenvalue weighted by Crippen LogP contribution is 2.32. The molecule has 0 aliphatic carbocycles. The number of carbonyl (C=O) groups is 1. The number of anilines is 1. The van der Waals surface area contributed by atoms with E-state index in [0.717, 1.165) is 10.3 Å². The fourth-order valence-corrected chi connectivity index (χ4v) is 5.92. The topological polar surface area (TPSA) is 80.5 Å². The van der Waals surface area contributed by atoms with Gasteiger partial charge in [-0.25, -0.2) is 8.42 Å². The average Bonchev–Trinajstić information content (AvgIpc) is 3.14. The summed E-state index contributed by atoms with van der Waals surface area (Å²) in [7, 11) is -3.90. The van der Waals surface area contributed by atoms with Crippen molar-refractivity contribution < 1.29 is 13.2 Å². The van der Waals surface area contributed by atoms with E-state index in [4.69, 9.17) is 23.2 Å². The summed E-state index contributed by atoms with van der Waals surface area (Å²) < 4.78 is 30.8. The fraction of sp³-hybridized carbons (Fsp3) is 0.0833. The van der Waals surface area contributed by atoms with Crippen LogP contribution in [0, 0.1) is 6.92 Å². The molecule has 0 aliphatic heterocycles. The molecule has 4 rings (SSSR count). The van der Waals surface area contributed by atoms with E-state index in [1.165, 1.54) is 35.6 Å². The van der Waals surface area contributed by atoms with Crippen LogP contribution in [-0.4, -0.2) is 18.9 Å². The number of halogens is 2. The van der Waals surface area contributed by atoms with Crippen molar-refractivity contribution >= 4 is 66.4 Å². The molecule has 0 saturated heterocycles. The number of amides is 1. The fourth-order valence-electron chi connectivity index (χ4n) is 3.31. The Bertz CT molecular complexity index is 1590. The van der Waals surface area contributed by atoms with E-state index in [-0.39, 0.29) is 16.1 Å². The van der Waals surface area contributed by atoms with Crippen LogP contribution >= 0.6 is 34.5 Å². The molecule has 1 N–H and O–H groups in total. The average molecular weight is 532 g/mol. The SMILES string of the molecule is C=CCn1c(=NC(=O)c2ccccc2NS(=O)(=O)c2ccc(C)cc2)sc2ccc(Cl)c(Cl)c21. The molecule has 0 aliphatic rings. The first-order valence-electron chi connectivity index (χ1n) is 10.1. The van der Waals surface area contributed by atoms with Crippen LogP contribution in [0.3, 0.4) is 0 Å². The van der Waals surface area contributed by atoms with Crippen molar-refractivity contribution in [3.05, 3.63) is 99.3 Å². The van der Waals surface area contributed by atoms with Crippen molar-refractivity contribution in [2.24, 2.45) is 4.99 Å². The molecule has 174 valence electrons. The second-order valence-electron chi connectivity index (χ2n) is 7.37. The summed E-state index contributed by atoms with van der Waals surface area (Å²) in [4.78, 5) is 18.0. The standard InChI is InChI=1S/C24H19Cl2N3O3S2/c1-3-14-29-22-20(13-12-18(25)21(22)26)33-24(29)27-23(30)17-6-4-5-7-19(17)28-34(31,32)16-10-8-15(2)9-11-16/h3-13,28H,1,14H2,2H3. The van der Waals surface area contributed by atoms with Crippen molar-refractivity contribution in [3.63, 3.8) is 0 Å². The maximum absolute atomic E-state index is 13.2. The van der Waals surface area contributed by atoms with Gasteiger partial charge in [-0.1, -0.05) is 70.4 Å². The summed E-state index contributed by atoms with van der Waals surface area (Å²) >= 11 is 13.9. The smallest absolute Gasteiger partial charge is 0.281 e. The Balaban J connectivity index is 1.78. The summed E-state index contributed by atoms with van der Waals surface area (Å²) in [6, 6.07) is 16.3. The molecule has 1 heterocycles. The number of hydrogen-bond donors (Lipinski definition) is 1. The Morgan fingerprint density at radius 3 is 2.53 bits per heavy atom. The third kappa shape index (κ3) is 4.81. The van der Waals surface area contributed by atoms with E-state index in [1.54, 1.807) is 47.0 Å². The first kappa shape index (κ1) is 24.2. The van der Waals surface area contributed by atoms with E-state index < -0.39 is 15.9 Å². The first-order chi connectivity index (χ1) is 16.2. The quantitative estimate of drug-likeness (QED) is 0.307.